The van der Waals surface area contributed by atoms with Crippen molar-refractivity contribution in [2.24, 2.45) is 4.99 Å². The van der Waals surface area contributed by atoms with Gasteiger partial charge in [-0.3, -0.25) is 9.79 Å². The Morgan fingerprint density at radius 2 is 1.88 bits per heavy atom. The van der Waals surface area contributed by atoms with Crippen molar-refractivity contribution in [3.63, 3.8) is 0 Å². The number of carbonyl (C=O) groups excluding carboxylic acids is 1. The van der Waals surface area contributed by atoms with Crippen molar-refractivity contribution in [2.75, 3.05) is 60.2 Å². The number of piperazine rings is 1. The van der Waals surface area contributed by atoms with Gasteiger partial charge in [0.1, 0.15) is 0 Å². The molecule has 5 rings (SSSR count). The number of nitrogens with zero attached hydrogens (tertiary/aromatic N) is 3. The normalized spacial score (nSPS) is 22.4. The van der Waals surface area contributed by atoms with E-state index in [0.717, 1.165) is 67.4 Å². The van der Waals surface area contributed by atoms with Crippen molar-refractivity contribution in [1.29, 1.82) is 0 Å². The molecular weight excluding hydrogens is 430 g/mol. The molecule has 0 aromatic heterocycles. The molecule has 0 spiro atoms. The van der Waals surface area contributed by atoms with Crippen molar-refractivity contribution in [3.8, 4) is 11.5 Å². The van der Waals surface area contributed by atoms with Crippen LogP contribution in [-0.2, 0) is 4.74 Å². The van der Waals surface area contributed by atoms with Crippen molar-refractivity contribution < 1.29 is 19.0 Å². The Hall–Kier alpha value is -2.90. The van der Waals surface area contributed by atoms with Gasteiger partial charge in [-0.15, -0.1) is 0 Å². The van der Waals surface area contributed by atoms with Gasteiger partial charge < -0.3 is 24.0 Å². The lowest BCUT2D eigenvalue weighted by atomic mass is 9.80. The zero-order valence-corrected chi connectivity index (χ0v) is 20.3. The van der Waals surface area contributed by atoms with Gasteiger partial charge in [-0.25, -0.2) is 0 Å². The molecule has 0 N–H and O–H groups in total. The second kappa shape index (κ2) is 9.76. The van der Waals surface area contributed by atoms with Crippen LogP contribution < -0.4 is 9.47 Å². The molecule has 3 aliphatic heterocycles. The van der Waals surface area contributed by atoms with Gasteiger partial charge in [0, 0.05) is 55.4 Å². The maximum absolute atomic E-state index is 13.0. The quantitative estimate of drug-likeness (QED) is 0.682. The molecule has 7 nitrogen and oxygen atoms in total. The van der Waals surface area contributed by atoms with Gasteiger partial charge in [0.2, 0.25) is 0 Å². The molecular formula is C27H33N3O4. The van der Waals surface area contributed by atoms with E-state index in [1.54, 1.807) is 7.11 Å². The molecule has 2 saturated heterocycles. The van der Waals surface area contributed by atoms with Crippen LogP contribution in [0.5, 0.6) is 11.5 Å². The maximum atomic E-state index is 13.0. The molecule has 2 aromatic rings. The number of rotatable bonds is 5. The number of hydrogen-bond acceptors (Lipinski definition) is 6. The molecule has 7 heteroatoms. The molecule has 2 fully saturated rings. The molecule has 0 bridgehead atoms. The third-order valence-electron chi connectivity index (χ3n) is 7.10. The number of likely N-dealkylation sites (N-methyl/N-ethyl adjacent to an activating group) is 1. The van der Waals surface area contributed by atoms with Crippen molar-refractivity contribution in [3.05, 3.63) is 58.7 Å². The summed E-state index contributed by atoms with van der Waals surface area (Å²) in [6, 6.07) is 12.2. The first-order valence-electron chi connectivity index (χ1n) is 12.2. The van der Waals surface area contributed by atoms with E-state index in [1.165, 1.54) is 5.56 Å². The smallest absolute Gasteiger partial charge is 0.253 e. The number of methoxy groups -OCH3 is 1. The summed E-state index contributed by atoms with van der Waals surface area (Å²) >= 11 is 0. The van der Waals surface area contributed by atoms with Crippen molar-refractivity contribution in [2.45, 2.75) is 25.3 Å². The molecule has 0 aliphatic carbocycles. The third kappa shape index (κ3) is 4.30. The zero-order chi connectivity index (χ0) is 23.7. The number of ether oxygens (including phenoxy) is 3. The molecule has 34 heavy (non-hydrogen) atoms. The van der Waals surface area contributed by atoms with E-state index in [-0.39, 0.29) is 17.9 Å². The average molecular weight is 464 g/mol. The van der Waals surface area contributed by atoms with Gasteiger partial charge >= 0.3 is 0 Å². The summed E-state index contributed by atoms with van der Waals surface area (Å²) < 4.78 is 17.3. The van der Waals surface area contributed by atoms with Gasteiger partial charge in [0.25, 0.3) is 5.91 Å². The van der Waals surface area contributed by atoms with Crippen LogP contribution in [0.1, 0.15) is 46.3 Å². The lowest BCUT2D eigenvalue weighted by Gasteiger charge is -2.35. The highest BCUT2D eigenvalue weighted by Gasteiger charge is 2.35. The van der Waals surface area contributed by atoms with Crippen LogP contribution in [0.4, 0.5) is 0 Å². The number of carbonyl (C=O) groups is 1. The highest BCUT2D eigenvalue weighted by atomic mass is 16.5. The summed E-state index contributed by atoms with van der Waals surface area (Å²) in [5.41, 5.74) is 4.91. The number of fused-ring (bicyclic) bond motifs is 3. The molecule has 3 heterocycles. The van der Waals surface area contributed by atoms with E-state index in [4.69, 9.17) is 19.2 Å². The SMILES string of the molecule is CCOc1cc2c(cc1OC)C(c1ccc(C(=O)N3CCN(C)CC3)cc1)=N[C@@H]1CCOC[C@H]21. The Morgan fingerprint density at radius 1 is 1.12 bits per heavy atom. The van der Waals surface area contributed by atoms with E-state index in [2.05, 4.69) is 18.0 Å². The van der Waals surface area contributed by atoms with Crippen LogP contribution in [0.2, 0.25) is 0 Å². The number of amides is 1. The Labute approximate surface area is 201 Å². The Bertz CT molecular complexity index is 1070. The topological polar surface area (TPSA) is 63.6 Å². The van der Waals surface area contributed by atoms with Crippen LogP contribution in [0.3, 0.4) is 0 Å². The third-order valence-corrected chi connectivity index (χ3v) is 7.10. The Balaban J connectivity index is 1.48. The van der Waals surface area contributed by atoms with Crippen LogP contribution in [0, 0.1) is 0 Å². The summed E-state index contributed by atoms with van der Waals surface area (Å²) in [7, 11) is 3.75. The Morgan fingerprint density at radius 3 is 2.59 bits per heavy atom. The molecule has 0 radical (unpaired) electrons. The second-order valence-electron chi connectivity index (χ2n) is 9.21. The standard InChI is InChI=1S/C27H33N3O4/c1-4-34-25-15-20-21(16-24(25)32-3)26(28-23-9-14-33-17-22(20)23)18-5-7-19(8-6-18)27(31)30-12-10-29(2)11-13-30/h5-8,15-16,22-23H,4,9-14,17H2,1-3H3/t22-,23-/m1/s1. The van der Waals surface area contributed by atoms with Gasteiger partial charge in [0.15, 0.2) is 11.5 Å². The van der Waals surface area contributed by atoms with Crippen molar-refractivity contribution in [1.82, 2.24) is 9.80 Å². The van der Waals surface area contributed by atoms with Crippen LogP contribution in [-0.4, -0.2) is 87.6 Å². The fourth-order valence-electron chi connectivity index (χ4n) is 5.12. The number of hydrogen-bond donors (Lipinski definition) is 0. The second-order valence-corrected chi connectivity index (χ2v) is 9.21. The predicted molar refractivity (Wildman–Crippen MR) is 132 cm³/mol. The van der Waals surface area contributed by atoms with Crippen LogP contribution in [0.25, 0.3) is 0 Å². The summed E-state index contributed by atoms with van der Waals surface area (Å²) in [6.45, 7) is 7.29. The first-order valence-corrected chi connectivity index (χ1v) is 12.2. The molecule has 180 valence electrons. The molecule has 3 aliphatic rings. The van der Waals surface area contributed by atoms with E-state index >= 15 is 0 Å². The van der Waals surface area contributed by atoms with E-state index in [1.807, 2.05) is 42.2 Å². The van der Waals surface area contributed by atoms with Gasteiger partial charge in [-0.05, 0) is 50.2 Å². The molecule has 0 saturated carbocycles. The van der Waals surface area contributed by atoms with Gasteiger partial charge in [-0.1, -0.05) is 12.1 Å². The molecule has 2 atom stereocenters. The maximum Gasteiger partial charge on any atom is 0.253 e. The lowest BCUT2D eigenvalue weighted by molar-refractivity contribution is 0.0663. The summed E-state index contributed by atoms with van der Waals surface area (Å²) in [5.74, 6) is 1.75. The minimum Gasteiger partial charge on any atom is -0.493 e. The monoisotopic (exact) mass is 463 g/mol. The molecule has 1 amide bonds. The first-order chi connectivity index (χ1) is 16.6. The van der Waals surface area contributed by atoms with Crippen molar-refractivity contribution >= 4 is 11.6 Å². The highest BCUT2D eigenvalue weighted by molar-refractivity contribution is 6.15. The zero-order valence-electron chi connectivity index (χ0n) is 20.3. The van der Waals surface area contributed by atoms with Crippen LogP contribution >= 0.6 is 0 Å². The van der Waals surface area contributed by atoms with E-state index < -0.39 is 0 Å². The van der Waals surface area contributed by atoms with Gasteiger partial charge in [-0.2, -0.15) is 0 Å². The minimum absolute atomic E-state index is 0.0955. The summed E-state index contributed by atoms with van der Waals surface area (Å²) in [4.78, 5) is 22.4. The first kappa shape index (κ1) is 22.9. The highest BCUT2D eigenvalue weighted by Crippen LogP contribution is 2.42. The number of aliphatic imine (C=N–C) groups is 1. The summed E-state index contributed by atoms with van der Waals surface area (Å²) in [5, 5.41) is 0. The number of benzene rings is 2. The Kier molecular flexibility index (Phi) is 6.57. The lowest BCUT2D eigenvalue weighted by Crippen LogP contribution is -2.47. The predicted octanol–water partition coefficient (Wildman–Crippen LogP) is 3.21. The van der Waals surface area contributed by atoms with E-state index in [0.29, 0.717) is 19.0 Å². The van der Waals surface area contributed by atoms with Crippen LogP contribution in [0.15, 0.2) is 41.4 Å². The molecule has 0 unspecified atom stereocenters. The fourth-order valence-corrected chi connectivity index (χ4v) is 5.12. The van der Waals surface area contributed by atoms with Gasteiger partial charge in [0.05, 0.1) is 32.1 Å². The minimum atomic E-state index is 0.0955. The summed E-state index contributed by atoms with van der Waals surface area (Å²) in [6.07, 6.45) is 0.892. The average Bonchev–Trinajstić information content (AvgIpc) is 2.88. The largest absolute Gasteiger partial charge is 0.493 e. The molecule has 2 aromatic carbocycles. The fraction of sp³-hybridized carbons (Fsp3) is 0.481. The van der Waals surface area contributed by atoms with E-state index in [9.17, 15) is 4.79 Å².